The third-order valence-corrected chi connectivity index (χ3v) is 6.73. The van der Waals surface area contributed by atoms with Gasteiger partial charge in [-0.2, -0.15) is 5.10 Å². The van der Waals surface area contributed by atoms with Gasteiger partial charge in [0, 0.05) is 25.4 Å². The second-order valence-corrected chi connectivity index (χ2v) is 8.63. The fourth-order valence-corrected chi connectivity index (χ4v) is 6.19. The summed E-state index contributed by atoms with van der Waals surface area (Å²) in [6, 6.07) is -0.310. The molecule has 1 aromatic rings. The van der Waals surface area contributed by atoms with E-state index in [-0.39, 0.29) is 24.4 Å². The molecule has 1 heterocycles. The maximum absolute atomic E-state index is 12.6. The fourth-order valence-electron chi connectivity index (χ4n) is 6.19. The number of carbonyl (C=O) groups excluding carboxylic acids is 1. The van der Waals surface area contributed by atoms with Crippen molar-refractivity contribution in [2.75, 3.05) is 13.6 Å². The summed E-state index contributed by atoms with van der Waals surface area (Å²) in [6.07, 6.45) is 13.5. The topological polar surface area (TPSA) is 59.0 Å². The molecule has 5 nitrogen and oxygen atoms in total. The number of nitrogens with zero attached hydrogens (tertiary/aromatic N) is 2. The first-order valence-electron chi connectivity index (χ1n) is 9.50. The molecule has 2 N–H and O–H groups in total. The largest absolute Gasteiger partial charge is 0.354 e. The quantitative estimate of drug-likeness (QED) is 0.813. The molecule has 4 saturated carbocycles. The number of rotatable bonds is 6. The molecular weight excluding hydrogens is 336 g/mol. The molecule has 25 heavy (non-hydrogen) atoms. The normalized spacial score (nSPS) is 33.8. The first-order valence-corrected chi connectivity index (χ1v) is 9.50. The molecule has 1 amide bonds. The molecule has 1 unspecified atom stereocenters. The molecule has 0 aromatic carbocycles. The average Bonchev–Trinajstić information content (AvgIpc) is 2.92. The van der Waals surface area contributed by atoms with Crippen LogP contribution in [0.3, 0.4) is 0 Å². The van der Waals surface area contributed by atoms with E-state index in [2.05, 4.69) is 15.7 Å². The SMILES string of the molecule is CNC(C(=O)NCCC12CC3CC(CC(C3)C1)C2)c1cnn(C)c1.Cl. The van der Waals surface area contributed by atoms with E-state index in [1.54, 1.807) is 10.9 Å². The zero-order valence-electron chi connectivity index (χ0n) is 15.3. The lowest BCUT2D eigenvalue weighted by molar-refractivity contribution is -0.123. The van der Waals surface area contributed by atoms with Gasteiger partial charge in [-0.1, -0.05) is 0 Å². The van der Waals surface area contributed by atoms with Crippen LogP contribution >= 0.6 is 12.4 Å². The number of nitrogens with one attached hydrogen (secondary N) is 2. The Morgan fingerprint density at radius 2 is 1.88 bits per heavy atom. The second kappa shape index (κ2) is 7.28. The second-order valence-electron chi connectivity index (χ2n) is 8.63. The van der Waals surface area contributed by atoms with Gasteiger partial charge >= 0.3 is 0 Å². The van der Waals surface area contributed by atoms with Gasteiger partial charge in [0.25, 0.3) is 0 Å². The molecule has 5 rings (SSSR count). The molecule has 6 heteroatoms. The lowest BCUT2D eigenvalue weighted by Crippen LogP contribution is -2.47. The van der Waals surface area contributed by atoms with Gasteiger partial charge in [-0.15, -0.1) is 12.4 Å². The van der Waals surface area contributed by atoms with E-state index < -0.39 is 0 Å². The van der Waals surface area contributed by atoms with Crippen molar-refractivity contribution in [2.24, 2.45) is 30.2 Å². The lowest BCUT2D eigenvalue weighted by Gasteiger charge is -2.57. The minimum absolute atomic E-state index is 0. The first kappa shape index (κ1) is 18.7. The summed E-state index contributed by atoms with van der Waals surface area (Å²) in [5, 5.41) is 10.5. The Kier molecular flexibility index (Phi) is 5.45. The molecule has 4 aliphatic carbocycles. The molecule has 0 spiro atoms. The van der Waals surface area contributed by atoms with Gasteiger partial charge in [0.05, 0.1) is 6.20 Å². The van der Waals surface area contributed by atoms with Crippen molar-refractivity contribution in [1.29, 1.82) is 0 Å². The van der Waals surface area contributed by atoms with E-state index in [1.807, 2.05) is 20.3 Å². The monoisotopic (exact) mass is 366 g/mol. The molecule has 0 radical (unpaired) electrons. The van der Waals surface area contributed by atoms with Gasteiger partial charge in [-0.25, -0.2) is 0 Å². The van der Waals surface area contributed by atoms with Gasteiger partial charge in [0.15, 0.2) is 0 Å². The number of likely N-dealkylation sites (N-methyl/N-ethyl adjacent to an activating group) is 1. The smallest absolute Gasteiger partial charge is 0.241 e. The number of aromatic nitrogens is 2. The zero-order valence-corrected chi connectivity index (χ0v) is 16.1. The summed E-state index contributed by atoms with van der Waals surface area (Å²) < 4.78 is 1.74. The maximum Gasteiger partial charge on any atom is 0.241 e. The van der Waals surface area contributed by atoms with Gasteiger partial charge in [0.1, 0.15) is 6.04 Å². The Bertz CT molecular complexity index is 579. The number of halogens is 1. The maximum atomic E-state index is 12.6. The van der Waals surface area contributed by atoms with Crippen molar-refractivity contribution in [1.82, 2.24) is 20.4 Å². The summed E-state index contributed by atoms with van der Waals surface area (Å²) in [4.78, 5) is 12.6. The highest BCUT2D eigenvalue weighted by Gasteiger charge is 2.50. The minimum atomic E-state index is -0.310. The number of hydrogen-bond donors (Lipinski definition) is 2. The van der Waals surface area contributed by atoms with Crippen molar-refractivity contribution in [3.63, 3.8) is 0 Å². The van der Waals surface area contributed by atoms with Gasteiger partial charge in [0.2, 0.25) is 5.91 Å². The summed E-state index contributed by atoms with van der Waals surface area (Å²) >= 11 is 0. The highest BCUT2D eigenvalue weighted by Crippen LogP contribution is 2.61. The van der Waals surface area contributed by atoms with E-state index in [0.29, 0.717) is 5.41 Å². The van der Waals surface area contributed by atoms with Crippen LogP contribution in [0.5, 0.6) is 0 Å². The minimum Gasteiger partial charge on any atom is -0.354 e. The summed E-state index contributed by atoms with van der Waals surface area (Å²) in [6.45, 7) is 0.809. The molecule has 0 aliphatic heterocycles. The molecule has 1 aromatic heterocycles. The highest BCUT2D eigenvalue weighted by atomic mass is 35.5. The van der Waals surface area contributed by atoms with Crippen LogP contribution in [0, 0.1) is 23.2 Å². The van der Waals surface area contributed by atoms with Crippen molar-refractivity contribution < 1.29 is 4.79 Å². The number of amides is 1. The first-order chi connectivity index (χ1) is 11.6. The van der Waals surface area contributed by atoms with E-state index in [0.717, 1.165) is 36.3 Å². The fraction of sp³-hybridized carbons (Fsp3) is 0.789. The van der Waals surface area contributed by atoms with Crippen LogP contribution in [0.1, 0.15) is 56.6 Å². The third kappa shape index (κ3) is 3.72. The molecule has 140 valence electrons. The number of carbonyl (C=O) groups is 1. The summed E-state index contributed by atoms with van der Waals surface area (Å²) in [5.41, 5.74) is 1.46. The Balaban J connectivity index is 0.00000182. The standard InChI is InChI=1S/C19H30N4O.ClH/c1-20-17(16-11-22-23(2)12-16)18(24)21-4-3-19-8-13-5-14(9-19)7-15(6-13)10-19;/h11-15,17,20H,3-10H2,1-2H3,(H,21,24);1H. The van der Waals surface area contributed by atoms with Crippen molar-refractivity contribution in [2.45, 2.75) is 51.0 Å². The highest BCUT2D eigenvalue weighted by molar-refractivity contribution is 5.85. The number of hydrogen-bond acceptors (Lipinski definition) is 3. The Morgan fingerprint density at radius 3 is 2.36 bits per heavy atom. The van der Waals surface area contributed by atoms with E-state index >= 15 is 0 Å². The molecule has 1 atom stereocenters. The van der Waals surface area contributed by atoms with E-state index in [4.69, 9.17) is 0 Å². The van der Waals surface area contributed by atoms with Crippen molar-refractivity contribution in [3.8, 4) is 0 Å². The van der Waals surface area contributed by atoms with Gasteiger partial charge in [-0.3, -0.25) is 9.48 Å². The molecular formula is C19H31ClN4O. The average molecular weight is 367 g/mol. The third-order valence-electron chi connectivity index (χ3n) is 6.73. The Hall–Kier alpha value is -1.07. The lowest BCUT2D eigenvalue weighted by atomic mass is 9.49. The van der Waals surface area contributed by atoms with Crippen LogP contribution in [-0.2, 0) is 11.8 Å². The van der Waals surface area contributed by atoms with E-state index in [1.165, 1.54) is 38.5 Å². The predicted molar refractivity (Wildman–Crippen MR) is 100 cm³/mol. The van der Waals surface area contributed by atoms with Crippen LogP contribution in [0.15, 0.2) is 12.4 Å². The van der Waals surface area contributed by atoms with Gasteiger partial charge in [-0.05, 0) is 75.2 Å². The molecule has 4 fully saturated rings. The van der Waals surface area contributed by atoms with Crippen LogP contribution in [0.25, 0.3) is 0 Å². The van der Waals surface area contributed by atoms with Crippen LogP contribution < -0.4 is 10.6 Å². The van der Waals surface area contributed by atoms with Crippen molar-refractivity contribution >= 4 is 18.3 Å². The molecule has 0 saturated heterocycles. The predicted octanol–water partition coefficient (Wildman–Crippen LogP) is 2.83. The van der Waals surface area contributed by atoms with Crippen LogP contribution in [0.2, 0.25) is 0 Å². The van der Waals surface area contributed by atoms with Crippen LogP contribution in [-0.4, -0.2) is 29.3 Å². The molecule has 4 aliphatic rings. The summed E-state index contributed by atoms with van der Waals surface area (Å²) in [5.74, 6) is 3.00. The number of aryl methyl sites for hydroxylation is 1. The van der Waals surface area contributed by atoms with Crippen LogP contribution in [0.4, 0.5) is 0 Å². The molecule has 4 bridgehead atoms. The summed E-state index contributed by atoms with van der Waals surface area (Å²) in [7, 11) is 3.71. The van der Waals surface area contributed by atoms with Crippen molar-refractivity contribution in [3.05, 3.63) is 18.0 Å². The zero-order chi connectivity index (χ0) is 16.7. The van der Waals surface area contributed by atoms with Gasteiger partial charge < -0.3 is 10.6 Å². The Labute approximate surface area is 156 Å². The van der Waals surface area contributed by atoms with E-state index in [9.17, 15) is 4.79 Å². The Morgan fingerprint density at radius 1 is 1.28 bits per heavy atom.